The summed E-state index contributed by atoms with van der Waals surface area (Å²) in [6.07, 6.45) is 15.9. The lowest BCUT2D eigenvalue weighted by Gasteiger charge is -2.12. The van der Waals surface area contributed by atoms with Crippen LogP contribution in [0.15, 0.2) is 185 Å². The Labute approximate surface area is 309 Å². The Kier molecular flexibility index (Phi) is 8.33. The highest BCUT2D eigenvalue weighted by atomic mass is 32.2. The number of hydrogen-bond donors (Lipinski definition) is 3. The molecule has 8 rings (SSSR count). The minimum Gasteiger partial charge on any atom is -0.282 e. The van der Waals surface area contributed by atoms with Gasteiger partial charge in [-0.2, -0.15) is 25.3 Å². The van der Waals surface area contributed by atoms with E-state index in [1.165, 1.54) is 72.8 Å². The maximum atomic E-state index is 11.9. The molecular formula is C38H24N4O9S3. The summed E-state index contributed by atoms with van der Waals surface area (Å²) in [4.78, 5) is 18.8. The molecule has 3 N–H and O–H groups in total. The minimum atomic E-state index is -4.49. The molecule has 54 heavy (non-hydrogen) atoms. The van der Waals surface area contributed by atoms with Crippen molar-refractivity contribution in [2.24, 2.45) is 20.0 Å². The van der Waals surface area contributed by atoms with Crippen molar-refractivity contribution in [3.8, 4) is 0 Å². The van der Waals surface area contributed by atoms with Gasteiger partial charge >= 0.3 is 0 Å². The Balaban J connectivity index is 1.38. The number of aliphatic imine (C=N–C) groups is 4. The molecular weight excluding hydrogens is 753 g/mol. The lowest BCUT2D eigenvalue weighted by Crippen LogP contribution is -2.04. The lowest BCUT2D eigenvalue weighted by atomic mass is 9.98. The fourth-order valence-corrected chi connectivity index (χ4v) is 7.73. The average molecular weight is 777 g/mol. The highest BCUT2D eigenvalue weighted by Gasteiger charge is 2.26. The van der Waals surface area contributed by atoms with Gasteiger partial charge in [0.1, 0.15) is 0 Å². The van der Waals surface area contributed by atoms with Crippen LogP contribution in [0.2, 0.25) is 0 Å². The van der Waals surface area contributed by atoms with Gasteiger partial charge in [-0.1, -0.05) is 36.4 Å². The minimum absolute atomic E-state index is 0.286. The fourth-order valence-electron chi connectivity index (χ4n) is 6.29. The van der Waals surface area contributed by atoms with Crippen LogP contribution in [0.3, 0.4) is 0 Å². The monoisotopic (exact) mass is 776 g/mol. The predicted molar refractivity (Wildman–Crippen MR) is 204 cm³/mol. The summed E-state index contributed by atoms with van der Waals surface area (Å²) < 4.78 is 99.9. The van der Waals surface area contributed by atoms with Crippen molar-refractivity contribution in [2.45, 2.75) is 14.7 Å². The van der Waals surface area contributed by atoms with E-state index in [4.69, 9.17) is 20.0 Å². The summed E-state index contributed by atoms with van der Waals surface area (Å²) in [5, 5.41) is 0. The third-order valence-electron chi connectivity index (χ3n) is 8.76. The molecule has 0 aliphatic carbocycles. The molecule has 0 saturated heterocycles. The average Bonchev–Trinajstić information content (AvgIpc) is 3.95. The number of allylic oxidation sites excluding steroid dienone is 12. The molecule has 5 heterocycles. The molecule has 16 heteroatoms. The van der Waals surface area contributed by atoms with E-state index in [1.807, 2.05) is 0 Å². The molecule has 0 radical (unpaired) electrons. The molecule has 0 atom stereocenters. The third-order valence-corrected chi connectivity index (χ3v) is 11.4. The van der Waals surface area contributed by atoms with Gasteiger partial charge in [0.15, 0.2) is 0 Å². The lowest BCUT2D eigenvalue weighted by molar-refractivity contribution is 0.481. The molecule has 5 aliphatic rings. The standard InChI is InChI=1S/C38H24N4O9S3/c43-52(44,45)27-9-1-22(2-10-27)36-30-15-7-25(39-30)21-26-8-16-31(40-26)37(23-3-11-28(12-4-23)53(46,47)48)33-18-20-35(42-33)38(34-19-17-32(36)41-34)24-5-13-29(14-6-24)54(49,50)51/h1-21H,(H,43,44,45)(H,46,47,48)(H,49,50,51). The molecule has 0 amide bonds. The van der Waals surface area contributed by atoms with E-state index >= 15 is 0 Å². The topological polar surface area (TPSA) is 213 Å². The van der Waals surface area contributed by atoms with Crippen LogP contribution >= 0.6 is 0 Å². The second-order valence-corrected chi connectivity index (χ2v) is 16.5. The van der Waals surface area contributed by atoms with Crippen molar-refractivity contribution >= 4 is 69.9 Å². The fraction of sp³-hybridized carbons (Fsp3) is 0. The Morgan fingerprint density at radius 1 is 0.370 bits per heavy atom. The van der Waals surface area contributed by atoms with Crippen LogP contribution < -0.4 is 0 Å². The second kappa shape index (κ2) is 12.8. The SMILES string of the molecule is O=S(=O)(O)c1ccc(C2=C3C=CC(=N3)C=C3C=CC(=N3)C(c3ccc(S(=O)(=O)O)cc3)=C3C=CC(=N3)C(c3ccc(S(=O)(=O)O)cc3)=C3C=CC2=N3)cc1. The molecule has 3 aromatic carbocycles. The third kappa shape index (κ3) is 6.69. The molecule has 0 fully saturated rings. The first kappa shape index (κ1) is 35.0. The summed E-state index contributed by atoms with van der Waals surface area (Å²) in [6.45, 7) is 0. The highest BCUT2D eigenvalue weighted by Crippen LogP contribution is 2.37. The predicted octanol–water partition coefficient (Wildman–Crippen LogP) is 5.90. The molecule has 0 unspecified atom stereocenters. The van der Waals surface area contributed by atoms with Crippen LogP contribution in [-0.2, 0) is 30.4 Å². The van der Waals surface area contributed by atoms with Crippen LogP contribution in [-0.4, -0.2) is 61.8 Å². The largest absolute Gasteiger partial charge is 0.294 e. The van der Waals surface area contributed by atoms with Crippen LogP contribution in [0.1, 0.15) is 16.7 Å². The molecule has 0 aromatic heterocycles. The summed E-state index contributed by atoms with van der Waals surface area (Å²) in [5.41, 5.74) is 7.10. The number of hydrogen-bond acceptors (Lipinski definition) is 10. The van der Waals surface area contributed by atoms with Crippen LogP contribution in [0.5, 0.6) is 0 Å². The molecule has 0 saturated carbocycles. The smallest absolute Gasteiger partial charge is 0.282 e. The molecule has 0 spiro atoms. The number of fused-ring (bicyclic) bond motifs is 4. The second-order valence-electron chi connectivity index (χ2n) is 12.2. The molecule has 5 aliphatic heterocycles. The Morgan fingerprint density at radius 3 is 1.09 bits per heavy atom. The summed E-state index contributed by atoms with van der Waals surface area (Å²) in [5.74, 6) is 0. The van der Waals surface area contributed by atoms with Crippen LogP contribution in [0.4, 0.5) is 0 Å². The first-order valence-electron chi connectivity index (χ1n) is 15.9. The summed E-state index contributed by atoms with van der Waals surface area (Å²) >= 11 is 0. The van der Waals surface area contributed by atoms with Gasteiger partial charge in [0.05, 0.1) is 60.3 Å². The Hall–Kier alpha value is -6.01. The van der Waals surface area contributed by atoms with E-state index < -0.39 is 30.4 Å². The van der Waals surface area contributed by atoms with Crippen molar-refractivity contribution < 1.29 is 38.9 Å². The zero-order valence-electron chi connectivity index (χ0n) is 27.4. The van der Waals surface area contributed by atoms with Gasteiger partial charge in [0, 0.05) is 16.7 Å². The van der Waals surface area contributed by atoms with Crippen molar-refractivity contribution in [1.29, 1.82) is 0 Å². The Morgan fingerprint density at radius 2 is 0.704 bits per heavy atom. The maximum Gasteiger partial charge on any atom is 0.294 e. The van der Waals surface area contributed by atoms with Gasteiger partial charge in [0.25, 0.3) is 30.4 Å². The normalized spacial score (nSPS) is 18.0. The van der Waals surface area contributed by atoms with E-state index in [2.05, 4.69) is 0 Å². The molecule has 268 valence electrons. The Bertz CT molecular complexity index is 2870. The summed E-state index contributed by atoms with van der Waals surface area (Å²) in [6, 6.07) is 16.8. The van der Waals surface area contributed by atoms with Gasteiger partial charge in [-0.15, -0.1) is 0 Å². The van der Waals surface area contributed by atoms with Crippen LogP contribution in [0.25, 0.3) is 16.7 Å². The van der Waals surface area contributed by atoms with Gasteiger partial charge in [-0.05, 0) is 108 Å². The number of nitrogens with zero attached hydrogens (tertiary/aromatic N) is 4. The van der Waals surface area contributed by atoms with Crippen LogP contribution in [0, 0.1) is 0 Å². The molecule has 3 aromatic rings. The van der Waals surface area contributed by atoms with Gasteiger partial charge in [-0.25, -0.2) is 20.0 Å². The quantitative estimate of drug-likeness (QED) is 0.254. The first-order chi connectivity index (χ1) is 25.6. The summed E-state index contributed by atoms with van der Waals surface area (Å²) in [7, 11) is -13.4. The van der Waals surface area contributed by atoms with Crippen molar-refractivity contribution in [1.82, 2.24) is 0 Å². The van der Waals surface area contributed by atoms with Crippen molar-refractivity contribution in [3.63, 3.8) is 0 Å². The highest BCUT2D eigenvalue weighted by molar-refractivity contribution is 7.86. The van der Waals surface area contributed by atoms with E-state index in [9.17, 15) is 38.9 Å². The van der Waals surface area contributed by atoms with Gasteiger partial charge in [0.2, 0.25) is 0 Å². The zero-order valence-corrected chi connectivity index (χ0v) is 29.9. The van der Waals surface area contributed by atoms with E-state index in [1.54, 1.807) is 54.7 Å². The van der Waals surface area contributed by atoms with Crippen molar-refractivity contribution in [3.05, 3.63) is 167 Å². The molecule has 13 nitrogen and oxygen atoms in total. The number of rotatable bonds is 6. The van der Waals surface area contributed by atoms with Gasteiger partial charge < -0.3 is 0 Å². The van der Waals surface area contributed by atoms with E-state index in [0.29, 0.717) is 79.0 Å². The number of benzene rings is 3. The first-order valence-corrected chi connectivity index (χ1v) is 20.2. The molecule has 8 bridgehead atoms. The van der Waals surface area contributed by atoms with E-state index in [-0.39, 0.29) is 14.7 Å². The zero-order chi connectivity index (χ0) is 38.0. The van der Waals surface area contributed by atoms with Gasteiger partial charge in [-0.3, -0.25) is 13.7 Å². The maximum absolute atomic E-state index is 11.9. The van der Waals surface area contributed by atoms with E-state index in [0.717, 1.165) is 0 Å². The van der Waals surface area contributed by atoms with Crippen molar-refractivity contribution in [2.75, 3.05) is 0 Å².